The molecule has 6 heteroatoms. The van der Waals surface area contributed by atoms with Gasteiger partial charge in [-0.25, -0.2) is 9.59 Å². The molecule has 3 rings (SSSR count). The lowest BCUT2D eigenvalue weighted by molar-refractivity contribution is -0.134. The summed E-state index contributed by atoms with van der Waals surface area (Å²) in [5, 5.41) is 21.7. The van der Waals surface area contributed by atoms with Gasteiger partial charge >= 0.3 is 11.9 Å². The molecule has 0 aromatic heterocycles. The average molecular weight is 328 g/mol. The monoisotopic (exact) mass is 328 g/mol. The van der Waals surface area contributed by atoms with Gasteiger partial charge in [0.2, 0.25) is 0 Å². The van der Waals surface area contributed by atoms with Crippen LogP contribution >= 0.6 is 0 Å². The van der Waals surface area contributed by atoms with Gasteiger partial charge in [-0.05, 0) is 11.5 Å². The van der Waals surface area contributed by atoms with Crippen molar-refractivity contribution in [1.29, 1.82) is 0 Å². The van der Waals surface area contributed by atoms with Gasteiger partial charge in [-0.15, -0.1) is 0 Å². The van der Waals surface area contributed by atoms with E-state index in [1.165, 1.54) is 16.5 Å². The summed E-state index contributed by atoms with van der Waals surface area (Å²) in [6, 6.07) is 15.2. The fraction of sp³-hybridized carbons (Fsp3) is 0.222. The van der Waals surface area contributed by atoms with Crippen LogP contribution in [0.1, 0.15) is 0 Å². The number of rotatable bonds is 3. The van der Waals surface area contributed by atoms with Gasteiger partial charge in [0.05, 0.1) is 0 Å². The molecule has 0 unspecified atom stereocenters. The number of carbonyl (C=O) groups is 2. The molecule has 1 fully saturated rings. The summed E-state index contributed by atoms with van der Waals surface area (Å²) in [7, 11) is 0. The fourth-order valence-corrected chi connectivity index (χ4v) is 2.53. The number of piperazine rings is 1. The topological polar surface area (TPSA) is 89.9 Å². The highest BCUT2D eigenvalue weighted by Gasteiger charge is 2.12. The molecule has 3 N–H and O–H groups in total. The third kappa shape index (κ3) is 5.10. The van der Waals surface area contributed by atoms with Crippen molar-refractivity contribution in [1.82, 2.24) is 5.32 Å². The zero-order chi connectivity index (χ0) is 17.4. The number of benzene rings is 2. The van der Waals surface area contributed by atoms with Crippen molar-refractivity contribution in [2.45, 2.75) is 0 Å². The van der Waals surface area contributed by atoms with E-state index in [9.17, 15) is 9.59 Å². The predicted octanol–water partition coefficient (Wildman–Crippen LogP) is 1.96. The number of hydrogen-bond donors (Lipinski definition) is 3. The van der Waals surface area contributed by atoms with Gasteiger partial charge in [-0.3, -0.25) is 0 Å². The van der Waals surface area contributed by atoms with Crippen molar-refractivity contribution >= 4 is 28.4 Å². The highest BCUT2D eigenvalue weighted by atomic mass is 16.4. The number of aliphatic carboxylic acids is 2. The first-order valence-electron chi connectivity index (χ1n) is 7.65. The highest BCUT2D eigenvalue weighted by Crippen LogP contribution is 2.26. The lowest BCUT2D eigenvalue weighted by atomic mass is 10.1. The molecule has 0 aliphatic carbocycles. The molecule has 1 aliphatic heterocycles. The number of fused-ring (bicyclic) bond motifs is 1. The summed E-state index contributed by atoms with van der Waals surface area (Å²) in [4.78, 5) is 21.6. The third-order valence-electron chi connectivity index (χ3n) is 3.59. The number of anilines is 1. The Hall–Kier alpha value is -2.86. The van der Waals surface area contributed by atoms with Crippen molar-refractivity contribution in [3.8, 4) is 0 Å². The SMILES string of the molecule is O=C(O)/C=C/C(=O)O.c1ccc2c(N3CCNCC3)cccc2c1. The van der Waals surface area contributed by atoms with Crippen LogP contribution in [0.25, 0.3) is 10.8 Å². The van der Waals surface area contributed by atoms with Crippen LogP contribution in [-0.2, 0) is 9.59 Å². The molecular formula is C18H20N2O4. The Morgan fingerprint density at radius 1 is 0.917 bits per heavy atom. The van der Waals surface area contributed by atoms with E-state index in [1.54, 1.807) is 0 Å². The van der Waals surface area contributed by atoms with Gasteiger partial charge in [0, 0.05) is 49.4 Å². The first-order chi connectivity index (χ1) is 11.6. The summed E-state index contributed by atoms with van der Waals surface area (Å²) in [5.41, 5.74) is 1.37. The zero-order valence-corrected chi connectivity index (χ0v) is 13.2. The van der Waals surface area contributed by atoms with Gasteiger partial charge < -0.3 is 20.4 Å². The maximum atomic E-state index is 9.55. The molecule has 0 saturated carbocycles. The maximum Gasteiger partial charge on any atom is 0.328 e. The lowest BCUT2D eigenvalue weighted by Crippen LogP contribution is -2.43. The van der Waals surface area contributed by atoms with E-state index in [1.807, 2.05) is 0 Å². The Kier molecular flexibility index (Phi) is 6.33. The van der Waals surface area contributed by atoms with Crippen LogP contribution in [-0.4, -0.2) is 48.3 Å². The summed E-state index contributed by atoms with van der Waals surface area (Å²) >= 11 is 0. The average Bonchev–Trinajstić information content (AvgIpc) is 2.61. The van der Waals surface area contributed by atoms with Gasteiger partial charge in [-0.2, -0.15) is 0 Å². The summed E-state index contributed by atoms with van der Waals surface area (Å²) in [6.45, 7) is 4.38. The standard InChI is InChI=1S/C14H16N2.C4H4O4/c1-2-6-13-12(4-1)5-3-7-14(13)16-10-8-15-9-11-16;5-3(6)1-2-4(7)8/h1-7,15H,8-11H2;1-2H,(H,5,6)(H,7,8)/b;2-1+. The van der Waals surface area contributed by atoms with Crippen LogP contribution in [0.2, 0.25) is 0 Å². The van der Waals surface area contributed by atoms with Crippen LogP contribution in [0.5, 0.6) is 0 Å². The summed E-state index contributed by atoms with van der Waals surface area (Å²) < 4.78 is 0. The fourth-order valence-electron chi connectivity index (χ4n) is 2.53. The van der Waals surface area contributed by atoms with E-state index in [4.69, 9.17) is 10.2 Å². The smallest absolute Gasteiger partial charge is 0.328 e. The molecule has 2 aromatic rings. The summed E-state index contributed by atoms with van der Waals surface area (Å²) in [5.74, 6) is -2.51. The first kappa shape index (κ1) is 17.5. The lowest BCUT2D eigenvalue weighted by Gasteiger charge is -2.30. The molecular weight excluding hydrogens is 308 g/mol. The van der Waals surface area contributed by atoms with E-state index < -0.39 is 11.9 Å². The third-order valence-corrected chi connectivity index (χ3v) is 3.59. The molecule has 1 saturated heterocycles. The van der Waals surface area contributed by atoms with E-state index in [2.05, 4.69) is 52.7 Å². The number of carboxylic acids is 2. The number of hydrogen-bond acceptors (Lipinski definition) is 4. The zero-order valence-electron chi connectivity index (χ0n) is 13.2. The predicted molar refractivity (Wildman–Crippen MR) is 93.4 cm³/mol. The Morgan fingerprint density at radius 3 is 2.12 bits per heavy atom. The molecule has 1 heterocycles. The van der Waals surface area contributed by atoms with Crippen molar-refractivity contribution in [3.05, 3.63) is 54.6 Å². The highest BCUT2D eigenvalue weighted by molar-refractivity contribution is 5.94. The molecule has 126 valence electrons. The van der Waals surface area contributed by atoms with Crippen LogP contribution in [0.15, 0.2) is 54.6 Å². The molecule has 0 spiro atoms. The normalized spacial score (nSPS) is 14.2. The van der Waals surface area contributed by atoms with Gasteiger partial charge in [0.25, 0.3) is 0 Å². The van der Waals surface area contributed by atoms with Crippen LogP contribution in [0, 0.1) is 0 Å². The Morgan fingerprint density at radius 2 is 1.50 bits per heavy atom. The van der Waals surface area contributed by atoms with Gasteiger partial charge in [0.15, 0.2) is 0 Å². The quantitative estimate of drug-likeness (QED) is 0.746. The Labute approximate surface area is 140 Å². The van der Waals surface area contributed by atoms with E-state index >= 15 is 0 Å². The van der Waals surface area contributed by atoms with Gasteiger partial charge in [-0.1, -0.05) is 36.4 Å². The number of nitrogens with zero attached hydrogens (tertiary/aromatic N) is 1. The largest absolute Gasteiger partial charge is 0.478 e. The minimum atomic E-state index is -1.26. The minimum Gasteiger partial charge on any atom is -0.478 e. The van der Waals surface area contributed by atoms with Crippen molar-refractivity contribution in [2.75, 3.05) is 31.1 Å². The Bertz CT molecular complexity index is 715. The second-order valence-electron chi connectivity index (χ2n) is 5.25. The van der Waals surface area contributed by atoms with Crippen molar-refractivity contribution < 1.29 is 19.8 Å². The van der Waals surface area contributed by atoms with Crippen LogP contribution < -0.4 is 10.2 Å². The summed E-state index contributed by atoms with van der Waals surface area (Å²) in [6.07, 6.45) is 1.12. The van der Waals surface area contributed by atoms with Crippen LogP contribution in [0.3, 0.4) is 0 Å². The second-order valence-corrected chi connectivity index (χ2v) is 5.25. The number of carboxylic acid groups (broad SMARTS) is 2. The van der Waals surface area contributed by atoms with Crippen molar-refractivity contribution in [3.63, 3.8) is 0 Å². The minimum absolute atomic E-state index is 0.558. The van der Waals surface area contributed by atoms with E-state index in [0.29, 0.717) is 12.2 Å². The second kappa shape index (κ2) is 8.69. The van der Waals surface area contributed by atoms with Crippen LogP contribution in [0.4, 0.5) is 5.69 Å². The molecule has 0 bridgehead atoms. The molecule has 2 aromatic carbocycles. The number of nitrogens with one attached hydrogen (secondary N) is 1. The molecule has 0 amide bonds. The molecule has 1 aliphatic rings. The maximum absolute atomic E-state index is 9.55. The first-order valence-corrected chi connectivity index (χ1v) is 7.65. The van der Waals surface area contributed by atoms with E-state index in [0.717, 1.165) is 26.2 Å². The molecule has 6 nitrogen and oxygen atoms in total. The van der Waals surface area contributed by atoms with Gasteiger partial charge in [0.1, 0.15) is 0 Å². The molecule has 0 atom stereocenters. The van der Waals surface area contributed by atoms with Crippen molar-refractivity contribution in [2.24, 2.45) is 0 Å². The van der Waals surface area contributed by atoms with E-state index in [-0.39, 0.29) is 0 Å². The molecule has 24 heavy (non-hydrogen) atoms. The Balaban J connectivity index is 0.000000224. The molecule has 0 radical (unpaired) electrons.